The minimum absolute atomic E-state index is 0.0751. The van der Waals surface area contributed by atoms with Gasteiger partial charge in [0.2, 0.25) is 5.91 Å². The van der Waals surface area contributed by atoms with E-state index in [-0.39, 0.29) is 30.1 Å². The van der Waals surface area contributed by atoms with Gasteiger partial charge in [-0.1, -0.05) is 55.2 Å². The molecule has 2 N–H and O–H groups in total. The van der Waals surface area contributed by atoms with Crippen molar-refractivity contribution in [2.24, 2.45) is 11.8 Å². The molecule has 3 fully saturated rings. The third-order valence-electron chi connectivity index (χ3n) is 9.51. The molecule has 6 nitrogen and oxygen atoms in total. The Labute approximate surface area is 253 Å². The van der Waals surface area contributed by atoms with Crippen LogP contribution >= 0.6 is 23.2 Å². The van der Waals surface area contributed by atoms with Gasteiger partial charge in [-0.25, -0.2) is 0 Å². The van der Waals surface area contributed by atoms with Gasteiger partial charge in [0.05, 0.1) is 36.1 Å². The number of amides is 1. The number of piperidine rings is 1. The molecule has 2 saturated carbocycles. The Hall–Kier alpha value is -2.28. The van der Waals surface area contributed by atoms with Crippen LogP contribution in [0.15, 0.2) is 42.5 Å². The molecule has 3 aliphatic rings. The molecule has 0 aromatic heterocycles. The summed E-state index contributed by atoms with van der Waals surface area (Å²) in [5, 5.41) is 14.7. The first-order valence-corrected chi connectivity index (χ1v) is 15.8. The molecular weight excluding hydrogens is 559 g/mol. The highest BCUT2D eigenvalue weighted by Crippen LogP contribution is 2.56. The van der Waals surface area contributed by atoms with Crippen LogP contribution in [0, 0.1) is 11.8 Å². The number of carbonyl (C=O) groups is 2. The zero-order valence-electron chi connectivity index (χ0n) is 24.4. The molecule has 1 heterocycles. The first kappa shape index (κ1) is 30.2. The van der Waals surface area contributed by atoms with Gasteiger partial charge in [-0.3, -0.25) is 9.59 Å². The zero-order chi connectivity index (χ0) is 29.4. The lowest BCUT2D eigenvalue weighted by molar-refractivity contribution is -0.945. The molecule has 41 heavy (non-hydrogen) atoms. The van der Waals surface area contributed by atoms with Crippen molar-refractivity contribution in [3.8, 4) is 5.75 Å². The number of esters is 1. The van der Waals surface area contributed by atoms with E-state index in [0.29, 0.717) is 35.2 Å². The Morgan fingerprint density at radius 1 is 1.10 bits per heavy atom. The molecule has 0 bridgehead atoms. The molecular formula is C33H43Cl2N2O4+. The summed E-state index contributed by atoms with van der Waals surface area (Å²) in [6.45, 7) is 10.0. The normalized spacial score (nSPS) is 29.6. The van der Waals surface area contributed by atoms with Crippen LogP contribution in [-0.2, 0) is 26.2 Å². The fourth-order valence-electron chi connectivity index (χ4n) is 8.00. The van der Waals surface area contributed by atoms with E-state index in [1.165, 1.54) is 19.8 Å². The Morgan fingerprint density at radius 3 is 2.54 bits per heavy atom. The Balaban J connectivity index is 1.48. The molecule has 5 rings (SSSR count). The number of phenols is 1. The van der Waals surface area contributed by atoms with Gasteiger partial charge in [0.1, 0.15) is 12.3 Å². The molecule has 1 saturated heterocycles. The smallest absolute Gasteiger partial charge is 0.303 e. The number of fused-ring (bicyclic) bond motifs is 1. The molecule has 2 aromatic rings. The van der Waals surface area contributed by atoms with Crippen LogP contribution in [0.25, 0.3) is 0 Å². The lowest BCUT2D eigenvalue weighted by Gasteiger charge is -2.62. The third kappa shape index (κ3) is 6.55. The number of nitrogens with one attached hydrogen (secondary N) is 1. The van der Waals surface area contributed by atoms with Crippen molar-refractivity contribution in [1.29, 1.82) is 0 Å². The molecule has 0 radical (unpaired) electrons. The zero-order valence-corrected chi connectivity index (χ0v) is 25.9. The molecule has 1 amide bonds. The van der Waals surface area contributed by atoms with Crippen molar-refractivity contribution >= 4 is 35.1 Å². The van der Waals surface area contributed by atoms with Gasteiger partial charge in [-0.2, -0.15) is 0 Å². The number of carbonyl (C=O) groups excluding carboxylic acids is 2. The van der Waals surface area contributed by atoms with Gasteiger partial charge in [0.15, 0.2) is 5.60 Å². The van der Waals surface area contributed by atoms with Gasteiger partial charge in [0, 0.05) is 36.6 Å². The number of phenolic OH excluding ortho intramolecular Hbond substituents is 1. The average Bonchev–Trinajstić information content (AvgIpc) is 3.69. The van der Waals surface area contributed by atoms with Crippen molar-refractivity contribution in [3.63, 3.8) is 0 Å². The van der Waals surface area contributed by atoms with Gasteiger partial charge >= 0.3 is 5.97 Å². The first-order chi connectivity index (χ1) is 19.4. The van der Waals surface area contributed by atoms with Crippen LogP contribution < -0.4 is 5.32 Å². The predicted molar refractivity (Wildman–Crippen MR) is 162 cm³/mol. The first-order valence-electron chi connectivity index (χ1n) is 15.0. The van der Waals surface area contributed by atoms with Crippen LogP contribution in [0.5, 0.6) is 5.75 Å². The third-order valence-corrected chi connectivity index (χ3v) is 10.3. The maximum absolute atomic E-state index is 13.2. The van der Waals surface area contributed by atoms with Crippen LogP contribution in [0.3, 0.4) is 0 Å². The van der Waals surface area contributed by atoms with Gasteiger partial charge in [0.25, 0.3) is 0 Å². The molecule has 0 spiro atoms. The van der Waals surface area contributed by atoms with E-state index in [4.69, 9.17) is 27.9 Å². The maximum Gasteiger partial charge on any atom is 0.303 e. The van der Waals surface area contributed by atoms with Crippen molar-refractivity contribution in [2.45, 2.75) is 82.8 Å². The Kier molecular flexibility index (Phi) is 8.67. The fourth-order valence-corrected chi connectivity index (χ4v) is 8.32. The quantitative estimate of drug-likeness (QED) is 0.256. The number of halogens is 2. The molecule has 8 heteroatoms. The second-order valence-electron chi connectivity index (χ2n) is 13.3. The predicted octanol–water partition coefficient (Wildman–Crippen LogP) is 6.44. The highest BCUT2D eigenvalue weighted by Gasteiger charge is 2.65. The van der Waals surface area contributed by atoms with Crippen molar-refractivity contribution in [3.05, 3.63) is 63.6 Å². The summed E-state index contributed by atoms with van der Waals surface area (Å²) in [5.74, 6) is 1.12. The van der Waals surface area contributed by atoms with E-state index in [9.17, 15) is 14.7 Å². The van der Waals surface area contributed by atoms with E-state index < -0.39 is 11.0 Å². The number of quaternary nitrogens is 1. The average molecular weight is 603 g/mol. The summed E-state index contributed by atoms with van der Waals surface area (Å²) in [7, 11) is 0. The monoisotopic (exact) mass is 601 g/mol. The standard InChI is InChI=1S/C33H42Cl2N2O4/c1-22(2)19-37(20-24-7-8-24)14-13-32(26-5-4-6-28(39)17-26)18-27(11-12-33(32,21-37)41-23(3)38)36-31(40)16-25-9-10-29(34)30(35)15-25/h4-6,9-10,15,17,22,24,27H,7-8,11-14,16,18-21H2,1-3H3,(H-,36,39,40)/p+1/t27-,32-,33?,37+/m1/s1. The molecule has 2 aliphatic carbocycles. The van der Waals surface area contributed by atoms with Gasteiger partial charge < -0.3 is 19.6 Å². The van der Waals surface area contributed by atoms with E-state index in [1.54, 1.807) is 18.2 Å². The molecule has 1 aliphatic heterocycles. The minimum atomic E-state index is -0.723. The number of hydrogen-bond acceptors (Lipinski definition) is 4. The summed E-state index contributed by atoms with van der Waals surface area (Å²) in [4.78, 5) is 26.0. The minimum Gasteiger partial charge on any atom is -0.508 e. The van der Waals surface area contributed by atoms with Crippen LogP contribution in [0.2, 0.25) is 10.0 Å². The summed E-state index contributed by atoms with van der Waals surface area (Å²) in [6.07, 6.45) is 5.60. The van der Waals surface area contributed by atoms with Crippen molar-refractivity contribution in [2.75, 3.05) is 26.2 Å². The topological polar surface area (TPSA) is 75.6 Å². The second kappa shape index (κ2) is 11.8. The summed E-state index contributed by atoms with van der Waals surface area (Å²) in [5.41, 5.74) is 0.535. The highest BCUT2D eigenvalue weighted by atomic mass is 35.5. The summed E-state index contributed by atoms with van der Waals surface area (Å²) >= 11 is 12.2. The van der Waals surface area contributed by atoms with Crippen LogP contribution in [-0.4, -0.2) is 59.3 Å². The maximum atomic E-state index is 13.2. The SMILES string of the molecule is CC(=O)OC12CC[C@@H](NC(=O)Cc3ccc(Cl)c(Cl)c3)C[C@@]1(c1cccc(O)c1)CC[N@+](CC(C)C)(CC1CC1)C2. The van der Waals surface area contributed by atoms with Crippen molar-refractivity contribution < 1.29 is 23.9 Å². The molecule has 2 aromatic carbocycles. The van der Waals surface area contributed by atoms with E-state index >= 15 is 0 Å². The number of rotatable bonds is 9. The summed E-state index contributed by atoms with van der Waals surface area (Å²) < 4.78 is 7.48. The summed E-state index contributed by atoms with van der Waals surface area (Å²) in [6, 6.07) is 12.6. The van der Waals surface area contributed by atoms with E-state index in [1.807, 2.05) is 18.2 Å². The lowest BCUT2D eigenvalue weighted by Crippen LogP contribution is -2.74. The fraction of sp³-hybridized carbons (Fsp3) is 0.576. The van der Waals surface area contributed by atoms with E-state index in [0.717, 1.165) is 54.1 Å². The Bertz CT molecular complexity index is 1290. The second-order valence-corrected chi connectivity index (χ2v) is 14.1. The lowest BCUT2D eigenvalue weighted by atomic mass is 9.54. The van der Waals surface area contributed by atoms with Crippen LogP contribution in [0.1, 0.15) is 70.4 Å². The van der Waals surface area contributed by atoms with Crippen LogP contribution in [0.4, 0.5) is 0 Å². The molecule has 1 unspecified atom stereocenters. The number of likely N-dealkylation sites (tertiary alicyclic amines) is 1. The number of nitrogens with zero attached hydrogens (tertiary/aromatic N) is 1. The highest BCUT2D eigenvalue weighted by molar-refractivity contribution is 6.42. The largest absolute Gasteiger partial charge is 0.508 e. The number of aromatic hydroxyl groups is 1. The van der Waals surface area contributed by atoms with E-state index in [2.05, 4.69) is 25.2 Å². The number of ether oxygens (including phenoxy) is 1. The van der Waals surface area contributed by atoms with Gasteiger partial charge in [-0.05, 0) is 67.5 Å². The molecule has 4 atom stereocenters. The number of hydrogen-bond donors (Lipinski definition) is 2. The number of benzene rings is 2. The van der Waals surface area contributed by atoms with Crippen molar-refractivity contribution in [1.82, 2.24) is 5.32 Å². The Morgan fingerprint density at radius 2 is 1.88 bits per heavy atom. The molecule has 222 valence electrons. The van der Waals surface area contributed by atoms with Gasteiger partial charge in [-0.15, -0.1) is 0 Å².